The maximum atomic E-state index is 11.7. The third-order valence-electron chi connectivity index (χ3n) is 13.1. The van der Waals surface area contributed by atoms with Crippen LogP contribution >= 0.6 is 0 Å². The molecule has 0 aromatic heterocycles. The third kappa shape index (κ3) is 2.97. The van der Waals surface area contributed by atoms with Gasteiger partial charge in [-0.25, -0.2) is 0 Å². The second-order valence-corrected chi connectivity index (χ2v) is 14.7. The molecule has 0 saturated heterocycles. The molecule has 0 aromatic carbocycles. The van der Waals surface area contributed by atoms with Crippen molar-refractivity contribution in [3.05, 3.63) is 11.6 Å². The van der Waals surface area contributed by atoms with Crippen LogP contribution < -0.4 is 0 Å². The number of allylic oxidation sites excluding steroid dienone is 2. The molecule has 0 amide bonds. The monoisotopic (exact) mass is 502 g/mol. The highest BCUT2D eigenvalue weighted by molar-refractivity contribution is 6.16. The van der Waals surface area contributed by atoms with Crippen molar-refractivity contribution in [2.24, 2.45) is 44.8 Å². The minimum absolute atomic E-state index is 0.00556. The van der Waals surface area contributed by atoms with E-state index in [9.17, 15) is 30.6 Å². The van der Waals surface area contributed by atoms with Crippen LogP contribution in [0, 0.1) is 44.8 Å². The predicted octanol–water partition coefficient (Wildman–Crippen LogP) is 2.35. The molecule has 0 aromatic rings. The summed E-state index contributed by atoms with van der Waals surface area (Å²) in [6, 6.07) is 0. The lowest BCUT2D eigenvalue weighted by Gasteiger charge is -2.72. The maximum absolute atomic E-state index is 11.7. The summed E-state index contributed by atoms with van der Waals surface area (Å²) in [4.78, 5) is 0. The van der Waals surface area contributed by atoms with Gasteiger partial charge >= 0.3 is 0 Å². The minimum atomic E-state index is -1.22. The number of hydrogen-bond donors (Lipinski definition) is 6. The Bertz CT molecular complexity index is 939. The highest BCUT2D eigenvalue weighted by Crippen LogP contribution is 2.77. The van der Waals surface area contributed by atoms with Crippen molar-refractivity contribution in [3.8, 4) is 0 Å². The van der Waals surface area contributed by atoms with E-state index in [1.54, 1.807) is 0 Å². The molecule has 4 fully saturated rings. The van der Waals surface area contributed by atoms with Crippen LogP contribution in [0.5, 0.6) is 0 Å². The summed E-state index contributed by atoms with van der Waals surface area (Å²) in [5.41, 5.74) is -1.80. The molecule has 0 aliphatic heterocycles. The van der Waals surface area contributed by atoms with Gasteiger partial charge in [0.25, 0.3) is 0 Å². The van der Waals surface area contributed by atoms with E-state index in [1.165, 1.54) is 5.57 Å². The van der Waals surface area contributed by atoms with Crippen molar-refractivity contribution < 1.29 is 30.6 Å². The van der Waals surface area contributed by atoms with Gasteiger partial charge in [0.05, 0.1) is 50.9 Å². The topological polar surface area (TPSA) is 121 Å². The molecule has 3 unspecified atom stereocenters. The molecule has 6 nitrogen and oxygen atoms in total. The van der Waals surface area contributed by atoms with Gasteiger partial charge in [0.1, 0.15) is 0 Å². The van der Waals surface area contributed by atoms with Crippen LogP contribution in [0.1, 0.15) is 79.6 Å². The number of aliphatic hydroxyl groups excluding tert-OH is 6. The largest absolute Gasteiger partial charge is 0.396 e. The molecule has 6 N–H and O–H groups in total. The zero-order valence-electron chi connectivity index (χ0n) is 22.7. The summed E-state index contributed by atoms with van der Waals surface area (Å²) >= 11 is 0. The van der Waals surface area contributed by atoms with E-state index in [4.69, 9.17) is 7.85 Å². The van der Waals surface area contributed by atoms with Crippen LogP contribution in [0.15, 0.2) is 11.6 Å². The number of hydrogen-bond acceptors (Lipinski definition) is 6. The highest BCUT2D eigenvalue weighted by Gasteiger charge is 2.72. The Balaban J connectivity index is 1.63. The van der Waals surface area contributed by atoms with E-state index in [-0.39, 0.29) is 41.8 Å². The zero-order chi connectivity index (χ0) is 26.7. The second kappa shape index (κ2) is 8.05. The van der Waals surface area contributed by atoms with Gasteiger partial charge in [-0.05, 0) is 72.5 Å². The van der Waals surface area contributed by atoms with Gasteiger partial charge in [0, 0.05) is 5.41 Å². The van der Waals surface area contributed by atoms with Crippen LogP contribution in [0.2, 0.25) is 5.31 Å². The molecule has 5 aliphatic carbocycles. The van der Waals surface area contributed by atoms with Crippen molar-refractivity contribution in [2.75, 3.05) is 13.2 Å². The van der Waals surface area contributed by atoms with Crippen LogP contribution in [-0.2, 0) is 0 Å². The molecule has 36 heavy (non-hydrogen) atoms. The fourth-order valence-electron chi connectivity index (χ4n) is 10.5. The van der Waals surface area contributed by atoms with E-state index in [0.29, 0.717) is 25.7 Å². The van der Waals surface area contributed by atoms with Gasteiger partial charge in [0.2, 0.25) is 0 Å². The van der Waals surface area contributed by atoms with Crippen molar-refractivity contribution in [1.29, 1.82) is 0 Å². The average molecular weight is 503 g/mol. The first-order valence-corrected chi connectivity index (χ1v) is 14.0. The van der Waals surface area contributed by atoms with E-state index in [2.05, 4.69) is 19.9 Å². The summed E-state index contributed by atoms with van der Waals surface area (Å²) in [6.07, 6.45) is 3.20. The third-order valence-corrected chi connectivity index (χ3v) is 13.1. The molecule has 0 spiro atoms. The minimum Gasteiger partial charge on any atom is -0.396 e. The highest BCUT2D eigenvalue weighted by atomic mass is 16.3. The summed E-state index contributed by atoms with van der Waals surface area (Å²) in [5, 5.41) is 65.4. The van der Waals surface area contributed by atoms with Crippen molar-refractivity contribution in [2.45, 2.75) is 109 Å². The Morgan fingerprint density at radius 3 is 2.11 bits per heavy atom. The molecule has 0 heterocycles. The summed E-state index contributed by atoms with van der Waals surface area (Å²) in [7, 11) is 7.37. The van der Waals surface area contributed by atoms with E-state index < -0.39 is 46.0 Å². The Kier molecular flexibility index (Phi) is 6.07. The number of fused-ring (bicyclic) bond motifs is 7. The zero-order valence-corrected chi connectivity index (χ0v) is 22.7. The summed E-state index contributed by atoms with van der Waals surface area (Å²) in [5.74, 6) is -0.118. The second-order valence-electron chi connectivity index (χ2n) is 14.7. The van der Waals surface area contributed by atoms with Crippen molar-refractivity contribution >= 4 is 7.85 Å². The molecule has 2 radical (unpaired) electrons. The van der Waals surface area contributed by atoms with E-state index in [1.807, 2.05) is 20.8 Å². The Hall–Kier alpha value is -0.435. The lowest BCUT2D eigenvalue weighted by Crippen LogP contribution is -2.71. The predicted molar refractivity (Wildman–Crippen MR) is 138 cm³/mol. The van der Waals surface area contributed by atoms with E-state index in [0.717, 1.165) is 19.3 Å². The quantitative estimate of drug-likeness (QED) is 0.255. The van der Waals surface area contributed by atoms with Crippen LogP contribution in [0.4, 0.5) is 0 Å². The van der Waals surface area contributed by atoms with Gasteiger partial charge in [-0.15, -0.1) is 0 Å². The maximum Gasteiger partial charge on any atom is 0.0913 e. The SMILES string of the molecule is [B][C@]12CC[C@H](O)[C@](C)(CO)C1CC[C@]1(C)C2CC=C2C3CC(C)(C)[C@@H](O)[C@H](O)[C@]3(CO)[C@H](O)C[C@]21C. The molecule has 202 valence electrons. The normalized spacial score (nSPS) is 58.1. The van der Waals surface area contributed by atoms with Crippen molar-refractivity contribution in [3.63, 3.8) is 0 Å². The Labute approximate surface area is 217 Å². The molecule has 5 rings (SSSR count). The van der Waals surface area contributed by atoms with Crippen molar-refractivity contribution in [1.82, 2.24) is 0 Å². The molecular formula is C29H47BO6. The fourth-order valence-corrected chi connectivity index (χ4v) is 10.5. The van der Waals surface area contributed by atoms with Crippen LogP contribution in [-0.4, -0.2) is 76.1 Å². The first-order chi connectivity index (χ1) is 16.6. The number of aliphatic hydroxyl groups is 6. The Morgan fingerprint density at radius 1 is 0.833 bits per heavy atom. The average Bonchev–Trinajstić information content (AvgIpc) is 2.81. The first-order valence-electron chi connectivity index (χ1n) is 14.0. The van der Waals surface area contributed by atoms with Gasteiger partial charge in [-0.3, -0.25) is 0 Å². The fraction of sp³-hybridized carbons (Fsp3) is 0.931. The lowest BCUT2D eigenvalue weighted by molar-refractivity contribution is -0.250. The molecular weight excluding hydrogens is 455 g/mol. The van der Waals surface area contributed by atoms with E-state index >= 15 is 0 Å². The van der Waals surface area contributed by atoms with Gasteiger partial charge in [0.15, 0.2) is 0 Å². The number of rotatable bonds is 2. The van der Waals surface area contributed by atoms with Crippen LogP contribution in [0.3, 0.4) is 0 Å². The smallest absolute Gasteiger partial charge is 0.0913 e. The van der Waals surface area contributed by atoms with Gasteiger partial charge in [-0.2, -0.15) is 0 Å². The molecule has 5 aliphatic rings. The van der Waals surface area contributed by atoms with Crippen LogP contribution in [0.25, 0.3) is 0 Å². The van der Waals surface area contributed by atoms with Gasteiger partial charge < -0.3 is 30.6 Å². The molecule has 0 bridgehead atoms. The summed E-state index contributed by atoms with van der Waals surface area (Å²) < 4.78 is 0. The molecule has 12 atom stereocenters. The molecule has 7 heteroatoms. The molecule has 4 saturated carbocycles. The lowest BCUT2D eigenvalue weighted by atomic mass is 9.29. The standard InChI is InChI=1S/C29H47BO6/c1-24(2)12-17-16-6-7-19-26(4,10-8-18-25(3,14-31)20(33)9-11-29(18,19)30)27(16,5)13-21(34)28(17,15-32)23(36)22(24)35/h6,17-23,31-36H,7-15H2,1-5H3/t17?,18?,19?,20-,21+,22-,23-,25+,26+,27+,28-,29+/m0/s1. The summed E-state index contributed by atoms with van der Waals surface area (Å²) in [6.45, 7) is 9.98. The first kappa shape index (κ1) is 27.1. The van der Waals surface area contributed by atoms with Gasteiger partial charge in [-0.1, -0.05) is 58.0 Å². The Morgan fingerprint density at radius 2 is 1.50 bits per heavy atom.